The first kappa shape index (κ1) is 23.2. The first-order valence-electron chi connectivity index (χ1n) is 10.7. The minimum atomic E-state index is 0. The maximum atomic E-state index is 5.68. The third-order valence-electron chi connectivity index (χ3n) is 6.16. The summed E-state index contributed by atoms with van der Waals surface area (Å²) in [5.74, 6) is 2.46. The molecule has 27 heavy (non-hydrogen) atoms. The van der Waals surface area contributed by atoms with E-state index in [9.17, 15) is 0 Å². The maximum Gasteiger partial charge on any atom is 0.191 e. The van der Waals surface area contributed by atoms with Crippen LogP contribution in [0.25, 0.3) is 0 Å². The van der Waals surface area contributed by atoms with Gasteiger partial charge in [0.05, 0.1) is 26.4 Å². The van der Waals surface area contributed by atoms with Crippen LogP contribution in [0.1, 0.15) is 46.0 Å². The highest BCUT2D eigenvalue weighted by Crippen LogP contribution is 2.24. The molecule has 7 heteroatoms. The second-order valence-corrected chi connectivity index (χ2v) is 8.16. The summed E-state index contributed by atoms with van der Waals surface area (Å²) >= 11 is 0. The van der Waals surface area contributed by atoms with Gasteiger partial charge in [-0.25, -0.2) is 0 Å². The molecule has 2 unspecified atom stereocenters. The van der Waals surface area contributed by atoms with E-state index in [1.54, 1.807) is 0 Å². The number of rotatable bonds is 6. The van der Waals surface area contributed by atoms with Crippen LogP contribution in [0.5, 0.6) is 0 Å². The zero-order valence-corrected chi connectivity index (χ0v) is 19.5. The fourth-order valence-electron chi connectivity index (χ4n) is 4.43. The fraction of sp³-hybridized carbons (Fsp3) is 0.950. The van der Waals surface area contributed by atoms with Crippen molar-refractivity contribution in [2.24, 2.45) is 16.8 Å². The van der Waals surface area contributed by atoms with Gasteiger partial charge in [-0.1, -0.05) is 6.92 Å². The Morgan fingerprint density at radius 3 is 2.44 bits per heavy atom. The second-order valence-electron chi connectivity index (χ2n) is 8.16. The number of morpholine rings is 1. The fourth-order valence-corrected chi connectivity index (χ4v) is 4.43. The van der Waals surface area contributed by atoms with Crippen LogP contribution >= 0.6 is 24.0 Å². The third kappa shape index (κ3) is 7.33. The molecule has 0 radical (unpaired) electrons. The zero-order chi connectivity index (χ0) is 18.2. The van der Waals surface area contributed by atoms with E-state index < -0.39 is 0 Å². The predicted molar refractivity (Wildman–Crippen MR) is 121 cm³/mol. The van der Waals surface area contributed by atoms with Gasteiger partial charge in [0, 0.05) is 44.2 Å². The molecule has 0 bridgehead atoms. The van der Waals surface area contributed by atoms with Gasteiger partial charge in [0.15, 0.2) is 5.96 Å². The topological polar surface area (TPSA) is 58.1 Å². The standard InChI is InChI=1S/C20H38N4O2.HI/c1-3-21-20(23-18-6-4-16(2)5-7-18)22-14-19(17-8-11-26-15-17)24-9-12-25-13-10-24;/h16-19H,3-15H2,1-2H3,(H2,21,22,23);1H. The number of nitrogens with one attached hydrogen (secondary N) is 2. The number of hydrogen-bond acceptors (Lipinski definition) is 4. The van der Waals surface area contributed by atoms with Gasteiger partial charge in [0.25, 0.3) is 0 Å². The average molecular weight is 494 g/mol. The summed E-state index contributed by atoms with van der Waals surface area (Å²) in [5.41, 5.74) is 0. The van der Waals surface area contributed by atoms with Crippen LogP contribution in [0.4, 0.5) is 0 Å². The van der Waals surface area contributed by atoms with Gasteiger partial charge in [0.1, 0.15) is 0 Å². The highest BCUT2D eigenvalue weighted by atomic mass is 127. The molecule has 0 aromatic heterocycles. The Morgan fingerprint density at radius 1 is 1.07 bits per heavy atom. The molecule has 3 fully saturated rings. The SMILES string of the molecule is CCNC(=NCC(C1CCOC1)N1CCOCC1)NC1CCC(C)CC1.I. The van der Waals surface area contributed by atoms with Gasteiger partial charge in [-0.3, -0.25) is 9.89 Å². The first-order valence-corrected chi connectivity index (χ1v) is 10.7. The summed E-state index contributed by atoms with van der Waals surface area (Å²) in [7, 11) is 0. The first-order chi connectivity index (χ1) is 12.8. The van der Waals surface area contributed by atoms with Crippen LogP contribution in [0.15, 0.2) is 4.99 Å². The lowest BCUT2D eigenvalue weighted by Gasteiger charge is -2.36. The van der Waals surface area contributed by atoms with Crippen LogP contribution in [-0.4, -0.2) is 75.5 Å². The Hall–Kier alpha value is -0.120. The molecule has 0 amide bonds. The van der Waals surface area contributed by atoms with E-state index >= 15 is 0 Å². The van der Waals surface area contributed by atoms with Gasteiger partial charge in [-0.2, -0.15) is 0 Å². The smallest absolute Gasteiger partial charge is 0.191 e. The van der Waals surface area contributed by atoms with E-state index in [1.807, 2.05) is 0 Å². The number of ether oxygens (including phenoxy) is 2. The molecule has 2 atom stereocenters. The lowest BCUT2D eigenvalue weighted by Crippen LogP contribution is -2.50. The monoisotopic (exact) mass is 494 g/mol. The predicted octanol–water partition coefficient (Wildman–Crippen LogP) is 2.48. The maximum absolute atomic E-state index is 5.68. The molecule has 1 aliphatic carbocycles. The van der Waals surface area contributed by atoms with Crippen molar-refractivity contribution in [2.75, 3.05) is 52.6 Å². The molecule has 0 aromatic carbocycles. The van der Waals surface area contributed by atoms with Crippen molar-refractivity contribution in [2.45, 2.75) is 58.0 Å². The average Bonchev–Trinajstić information content (AvgIpc) is 3.19. The Labute approximate surface area is 182 Å². The van der Waals surface area contributed by atoms with Gasteiger partial charge in [0.2, 0.25) is 0 Å². The van der Waals surface area contributed by atoms with Crippen molar-refractivity contribution in [3.8, 4) is 0 Å². The highest BCUT2D eigenvalue weighted by Gasteiger charge is 2.31. The number of halogens is 1. The van der Waals surface area contributed by atoms with Crippen molar-refractivity contribution in [1.82, 2.24) is 15.5 Å². The number of guanidine groups is 1. The highest BCUT2D eigenvalue weighted by molar-refractivity contribution is 14.0. The van der Waals surface area contributed by atoms with E-state index in [1.165, 1.54) is 25.7 Å². The van der Waals surface area contributed by atoms with E-state index in [0.717, 1.165) is 70.9 Å². The molecule has 2 heterocycles. The van der Waals surface area contributed by atoms with Crippen molar-refractivity contribution in [3.63, 3.8) is 0 Å². The Kier molecular flexibility index (Phi) is 10.7. The van der Waals surface area contributed by atoms with Crippen molar-refractivity contribution >= 4 is 29.9 Å². The summed E-state index contributed by atoms with van der Waals surface area (Å²) in [6.07, 6.45) is 6.33. The van der Waals surface area contributed by atoms with Gasteiger partial charge < -0.3 is 20.1 Å². The van der Waals surface area contributed by atoms with Crippen LogP contribution in [-0.2, 0) is 9.47 Å². The normalized spacial score (nSPS) is 31.2. The summed E-state index contributed by atoms with van der Waals surface area (Å²) < 4.78 is 11.2. The molecule has 158 valence electrons. The molecular weight excluding hydrogens is 455 g/mol. The Balaban J connectivity index is 0.00000261. The molecule has 1 saturated carbocycles. The Morgan fingerprint density at radius 2 is 1.81 bits per heavy atom. The second kappa shape index (κ2) is 12.4. The van der Waals surface area contributed by atoms with Crippen molar-refractivity contribution < 1.29 is 9.47 Å². The molecule has 3 rings (SSSR count). The quantitative estimate of drug-likeness (QED) is 0.338. The van der Waals surface area contributed by atoms with Gasteiger partial charge >= 0.3 is 0 Å². The lowest BCUT2D eigenvalue weighted by atomic mass is 9.87. The molecule has 0 aromatic rings. The minimum Gasteiger partial charge on any atom is -0.381 e. The van der Waals surface area contributed by atoms with Crippen LogP contribution in [0.2, 0.25) is 0 Å². The lowest BCUT2D eigenvalue weighted by molar-refractivity contribution is 0.00368. The van der Waals surface area contributed by atoms with Crippen molar-refractivity contribution in [1.29, 1.82) is 0 Å². The van der Waals surface area contributed by atoms with E-state index in [4.69, 9.17) is 14.5 Å². The van der Waals surface area contributed by atoms with Crippen LogP contribution in [0.3, 0.4) is 0 Å². The summed E-state index contributed by atoms with van der Waals surface area (Å²) in [6.45, 7) is 11.7. The summed E-state index contributed by atoms with van der Waals surface area (Å²) in [6, 6.07) is 1.03. The molecule has 2 saturated heterocycles. The summed E-state index contributed by atoms with van der Waals surface area (Å²) in [4.78, 5) is 7.57. The van der Waals surface area contributed by atoms with E-state index in [2.05, 4.69) is 29.4 Å². The van der Waals surface area contributed by atoms with Gasteiger partial charge in [-0.15, -0.1) is 24.0 Å². The number of hydrogen-bond donors (Lipinski definition) is 2. The molecule has 0 spiro atoms. The van der Waals surface area contributed by atoms with Crippen molar-refractivity contribution in [3.05, 3.63) is 0 Å². The molecular formula is C20H39IN4O2. The van der Waals surface area contributed by atoms with Gasteiger partial charge in [-0.05, 0) is 44.9 Å². The molecule has 2 N–H and O–H groups in total. The summed E-state index contributed by atoms with van der Waals surface area (Å²) in [5, 5.41) is 7.15. The van der Waals surface area contributed by atoms with E-state index in [0.29, 0.717) is 18.0 Å². The molecule has 6 nitrogen and oxygen atoms in total. The number of nitrogens with zero attached hydrogens (tertiary/aromatic N) is 2. The largest absolute Gasteiger partial charge is 0.381 e. The Bertz CT molecular complexity index is 432. The third-order valence-corrected chi connectivity index (χ3v) is 6.16. The van der Waals surface area contributed by atoms with E-state index in [-0.39, 0.29) is 24.0 Å². The van der Waals surface area contributed by atoms with Crippen LogP contribution in [0, 0.1) is 11.8 Å². The molecule has 3 aliphatic rings. The minimum absolute atomic E-state index is 0. The zero-order valence-electron chi connectivity index (χ0n) is 17.1. The van der Waals surface area contributed by atoms with Crippen LogP contribution < -0.4 is 10.6 Å². The molecule has 2 aliphatic heterocycles. The number of aliphatic imine (C=N–C) groups is 1.